The number of rotatable bonds is 2. The van der Waals surface area contributed by atoms with E-state index in [4.69, 9.17) is 0 Å². The molecule has 0 radical (unpaired) electrons. The zero-order valence-electron chi connectivity index (χ0n) is 8.27. The van der Waals surface area contributed by atoms with Gasteiger partial charge >= 0.3 is 0 Å². The van der Waals surface area contributed by atoms with Gasteiger partial charge in [-0.1, -0.05) is 12.1 Å². The van der Waals surface area contributed by atoms with Crippen LogP contribution in [0.1, 0.15) is 22.1 Å². The summed E-state index contributed by atoms with van der Waals surface area (Å²) in [5.74, 6) is -0.283. The van der Waals surface area contributed by atoms with E-state index in [2.05, 4.69) is 0 Å². The molecule has 0 amide bonds. The normalized spacial score (nSPS) is 12.7. The molecule has 78 valence electrons. The molecular weight excluding hydrogens is 211 g/mol. The van der Waals surface area contributed by atoms with E-state index in [1.54, 1.807) is 12.1 Å². The van der Waals surface area contributed by atoms with E-state index in [-0.39, 0.29) is 5.82 Å². The number of aliphatic hydroxyl groups is 1. The van der Waals surface area contributed by atoms with Gasteiger partial charge in [-0.2, -0.15) is 0 Å². The lowest BCUT2D eigenvalue weighted by molar-refractivity contribution is 0.223. The fraction of sp³-hybridized carbons (Fsp3) is 0.167. The number of thiophene rings is 1. The second-order valence-electron chi connectivity index (χ2n) is 3.42. The first-order valence-electron chi connectivity index (χ1n) is 4.66. The van der Waals surface area contributed by atoms with E-state index < -0.39 is 6.10 Å². The molecule has 3 heteroatoms. The van der Waals surface area contributed by atoms with E-state index in [0.717, 1.165) is 16.0 Å². The van der Waals surface area contributed by atoms with Crippen LogP contribution in [0.15, 0.2) is 35.7 Å². The Labute approximate surface area is 91.8 Å². The van der Waals surface area contributed by atoms with Crippen molar-refractivity contribution < 1.29 is 9.50 Å². The van der Waals surface area contributed by atoms with Gasteiger partial charge in [0.15, 0.2) is 0 Å². The van der Waals surface area contributed by atoms with Gasteiger partial charge in [0.1, 0.15) is 11.9 Å². The molecule has 0 aliphatic carbocycles. The van der Waals surface area contributed by atoms with Crippen LogP contribution in [0.2, 0.25) is 0 Å². The minimum atomic E-state index is -0.648. The van der Waals surface area contributed by atoms with Crippen LogP contribution >= 0.6 is 11.3 Å². The molecule has 1 aromatic heterocycles. The fourth-order valence-electron chi connectivity index (χ4n) is 1.46. The third-order valence-electron chi connectivity index (χ3n) is 2.34. The van der Waals surface area contributed by atoms with Crippen LogP contribution in [0.25, 0.3) is 0 Å². The molecule has 1 nitrogen and oxygen atoms in total. The summed E-state index contributed by atoms with van der Waals surface area (Å²) in [5.41, 5.74) is 1.79. The molecule has 0 spiro atoms. The zero-order valence-corrected chi connectivity index (χ0v) is 9.09. The molecular formula is C12H11FOS. The Balaban J connectivity index is 2.32. The maximum atomic E-state index is 12.7. The number of halogens is 1. The summed E-state index contributed by atoms with van der Waals surface area (Å²) in [4.78, 5) is 0.918. The monoisotopic (exact) mass is 222 g/mol. The number of aliphatic hydroxyl groups excluding tert-OH is 1. The van der Waals surface area contributed by atoms with E-state index >= 15 is 0 Å². The molecule has 0 aliphatic heterocycles. The van der Waals surface area contributed by atoms with Crippen LogP contribution in [-0.2, 0) is 0 Å². The maximum absolute atomic E-state index is 12.7. The Kier molecular flexibility index (Phi) is 2.84. The topological polar surface area (TPSA) is 20.2 Å². The predicted octanol–water partition coefficient (Wildman–Crippen LogP) is 3.28. The summed E-state index contributed by atoms with van der Waals surface area (Å²) in [7, 11) is 0. The molecule has 15 heavy (non-hydrogen) atoms. The summed E-state index contributed by atoms with van der Waals surface area (Å²) in [6, 6.07) is 7.91. The lowest BCUT2D eigenvalue weighted by Crippen LogP contribution is -1.98. The Bertz CT molecular complexity index is 447. The summed E-state index contributed by atoms with van der Waals surface area (Å²) >= 11 is 1.51. The molecule has 0 saturated heterocycles. The van der Waals surface area contributed by atoms with Crippen molar-refractivity contribution >= 4 is 11.3 Å². The molecule has 1 unspecified atom stereocenters. The minimum Gasteiger partial charge on any atom is -0.383 e. The van der Waals surface area contributed by atoms with Gasteiger partial charge in [0, 0.05) is 4.88 Å². The fourth-order valence-corrected chi connectivity index (χ4v) is 2.40. The van der Waals surface area contributed by atoms with Crippen LogP contribution in [-0.4, -0.2) is 5.11 Å². The van der Waals surface area contributed by atoms with Crippen LogP contribution in [0.3, 0.4) is 0 Å². The molecule has 0 saturated carbocycles. The first-order valence-corrected chi connectivity index (χ1v) is 5.54. The van der Waals surface area contributed by atoms with Gasteiger partial charge in [-0.05, 0) is 41.6 Å². The molecule has 1 aromatic carbocycles. The van der Waals surface area contributed by atoms with Crippen LogP contribution in [0, 0.1) is 12.7 Å². The summed E-state index contributed by atoms with van der Waals surface area (Å²) in [6.07, 6.45) is -0.648. The molecule has 1 heterocycles. The predicted molar refractivity (Wildman–Crippen MR) is 59.5 cm³/mol. The van der Waals surface area contributed by atoms with Gasteiger partial charge in [-0.25, -0.2) is 4.39 Å². The lowest BCUT2D eigenvalue weighted by Gasteiger charge is -2.10. The SMILES string of the molecule is Cc1ccsc1C(O)c1ccc(F)cc1. The second-order valence-corrected chi connectivity index (χ2v) is 4.37. The highest BCUT2D eigenvalue weighted by molar-refractivity contribution is 7.10. The third kappa shape index (κ3) is 2.08. The molecule has 0 fully saturated rings. The highest BCUT2D eigenvalue weighted by atomic mass is 32.1. The maximum Gasteiger partial charge on any atom is 0.123 e. The van der Waals surface area contributed by atoms with Gasteiger partial charge in [0.05, 0.1) is 0 Å². The van der Waals surface area contributed by atoms with Crippen molar-refractivity contribution in [2.45, 2.75) is 13.0 Å². The Morgan fingerprint density at radius 2 is 1.87 bits per heavy atom. The van der Waals surface area contributed by atoms with Crippen molar-refractivity contribution in [3.8, 4) is 0 Å². The van der Waals surface area contributed by atoms with E-state index in [1.807, 2.05) is 18.4 Å². The average Bonchev–Trinajstić information content (AvgIpc) is 2.65. The first kappa shape index (κ1) is 10.3. The van der Waals surface area contributed by atoms with E-state index in [1.165, 1.54) is 23.5 Å². The van der Waals surface area contributed by atoms with Gasteiger partial charge in [0.2, 0.25) is 0 Å². The van der Waals surface area contributed by atoms with Crippen LogP contribution in [0.5, 0.6) is 0 Å². The zero-order chi connectivity index (χ0) is 10.8. The second kappa shape index (κ2) is 4.13. The smallest absolute Gasteiger partial charge is 0.123 e. The van der Waals surface area contributed by atoms with E-state index in [9.17, 15) is 9.50 Å². The van der Waals surface area contributed by atoms with Crippen LogP contribution < -0.4 is 0 Å². The van der Waals surface area contributed by atoms with Gasteiger partial charge in [0.25, 0.3) is 0 Å². The molecule has 2 rings (SSSR count). The highest BCUT2D eigenvalue weighted by Crippen LogP contribution is 2.29. The Morgan fingerprint density at radius 1 is 1.20 bits per heavy atom. The lowest BCUT2D eigenvalue weighted by atomic mass is 10.1. The Hall–Kier alpha value is -1.19. The highest BCUT2D eigenvalue weighted by Gasteiger charge is 2.13. The van der Waals surface area contributed by atoms with Gasteiger partial charge in [-0.15, -0.1) is 11.3 Å². The first-order chi connectivity index (χ1) is 7.18. The van der Waals surface area contributed by atoms with Gasteiger partial charge < -0.3 is 5.11 Å². The number of aryl methyl sites for hydroxylation is 1. The summed E-state index contributed by atoms with van der Waals surface area (Å²) in [5, 5.41) is 12.0. The number of hydrogen-bond acceptors (Lipinski definition) is 2. The third-order valence-corrected chi connectivity index (χ3v) is 3.41. The van der Waals surface area contributed by atoms with Crippen molar-refractivity contribution in [3.63, 3.8) is 0 Å². The van der Waals surface area contributed by atoms with Crippen LogP contribution in [0.4, 0.5) is 4.39 Å². The molecule has 1 N–H and O–H groups in total. The quantitative estimate of drug-likeness (QED) is 0.826. The molecule has 2 aromatic rings. The van der Waals surface area contributed by atoms with Crippen molar-refractivity contribution in [2.24, 2.45) is 0 Å². The van der Waals surface area contributed by atoms with Gasteiger partial charge in [-0.3, -0.25) is 0 Å². The van der Waals surface area contributed by atoms with Crippen molar-refractivity contribution in [2.75, 3.05) is 0 Å². The van der Waals surface area contributed by atoms with Crippen molar-refractivity contribution in [3.05, 3.63) is 57.5 Å². The van der Waals surface area contributed by atoms with E-state index in [0.29, 0.717) is 0 Å². The Morgan fingerprint density at radius 3 is 2.40 bits per heavy atom. The van der Waals surface area contributed by atoms with Crippen molar-refractivity contribution in [1.82, 2.24) is 0 Å². The molecule has 0 bridgehead atoms. The number of hydrogen-bond donors (Lipinski definition) is 1. The molecule has 0 aliphatic rings. The summed E-state index contributed by atoms with van der Waals surface area (Å²) < 4.78 is 12.7. The standard InChI is InChI=1S/C12H11FOS/c1-8-6-7-15-12(8)11(14)9-2-4-10(13)5-3-9/h2-7,11,14H,1H3. The largest absolute Gasteiger partial charge is 0.383 e. The minimum absolute atomic E-state index is 0.283. The van der Waals surface area contributed by atoms with Crippen molar-refractivity contribution in [1.29, 1.82) is 0 Å². The summed E-state index contributed by atoms with van der Waals surface area (Å²) in [6.45, 7) is 1.96. The average molecular weight is 222 g/mol. The number of benzene rings is 1. The molecule has 1 atom stereocenters.